The fraction of sp³-hybridized carbons (Fsp3) is 0.632. The average molecular weight is 343 g/mol. The molecule has 134 valence electrons. The van der Waals surface area contributed by atoms with Crippen molar-refractivity contribution in [2.75, 3.05) is 26.2 Å². The first-order chi connectivity index (χ1) is 12.2. The summed E-state index contributed by atoms with van der Waals surface area (Å²) in [5.41, 5.74) is 0.416. The van der Waals surface area contributed by atoms with Crippen LogP contribution in [0.15, 0.2) is 24.5 Å². The van der Waals surface area contributed by atoms with Crippen LogP contribution in [0, 0.1) is 11.8 Å². The highest BCUT2D eigenvalue weighted by Crippen LogP contribution is 2.43. The number of carbonyl (C=O) groups excluding carboxylic acids is 2. The van der Waals surface area contributed by atoms with E-state index >= 15 is 0 Å². The second-order valence-corrected chi connectivity index (χ2v) is 7.51. The molecule has 1 spiro atoms. The van der Waals surface area contributed by atoms with Crippen molar-refractivity contribution in [1.29, 1.82) is 0 Å². The highest BCUT2D eigenvalue weighted by molar-refractivity contribution is 5.93. The number of carbonyl (C=O) groups is 2. The lowest BCUT2D eigenvalue weighted by atomic mass is 9.76. The van der Waals surface area contributed by atoms with Gasteiger partial charge in [-0.1, -0.05) is 6.42 Å². The summed E-state index contributed by atoms with van der Waals surface area (Å²) < 4.78 is 6.03. The highest BCUT2D eigenvalue weighted by Gasteiger charge is 2.54. The molecule has 1 aromatic heterocycles. The molecule has 4 rings (SSSR count). The summed E-state index contributed by atoms with van der Waals surface area (Å²) in [4.78, 5) is 30.3. The van der Waals surface area contributed by atoms with Gasteiger partial charge in [-0.05, 0) is 43.7 Å². The molecule has 2 amide bonds. The molecule has 0 aromatic carbocycles. The van der Waals surface area contributed by atoms with Crippen LogP contribution in [0.5, 0.6) is 0 Å². The van der Waals surface area contributed by atoms with E-state index in [2.05, 4.69) is 10.3 Å². The first-order valence-corrected chi connectivity index (χ1v) is 9.29. The van der Waals surface area contributed by atoms with Gasteiger partial charge in [0.2, 0.25) is 5.91 Å². The van der Waals surface area contributed by atoms with Crippen molar-refractivity contribution in [3.8, 4) is 0 Å². The Morgan fingerprint density at radius 1 is 1.32 bits per heavy atom. The quantitative estimate of drug-likeness (QED) is 0.882. The van der Waals surface area contributed by atoms with Crippen molar-refractivity contribution in [3.63, 3.8) is 0 Å². The Kier molecular flexibility index (Phi) is 4.46. The molecule has 1 atom stereocenters. The predicted octanol–water partition coefficient (Wildman–Crippen LogP) is 1.62. The highest BCUT2D eigenvalue weighted by atomic mass is 16.5. The summed E-state index contributed by atoms with van der Waals surface area (Å²) in [6.07, 6.45) is 8.41. The zero-order valence-electron chi connectivity index (χ0n) is 14.4. The van der Waals surface area contributed by atoms with E-state index in [4.69, 9.17) is 4.74 Å². The minimum absolute atomic E-state index is 0.0866. The second-order valence-electron chi connectivity index (χ2n) is 7.51. The molecule has 0 radical (unpaired) electrons. The lowest BCUT2D eigenvalue weighted by Gasteiger charge is -2.51. The fourth-order valence-corrected chi connectivity index (χ4v) is 4.17. The Morgan fingerprint density at radius 2 is 2.16 bits per heavy atom. The van der Waals surface area contributed by atoms with Crippen molar-refractivity contribution in [1.82, 2.24) is 15.2 Å². The van der Waals surface area contributed by atoms with Crippen molar-refractivity contribution in [2.45, 2.75) is 37.7 Å². The summed E-state index contributed by atoms with van der Waals surface area (Å²) in [6, 6.07) is 3.52. The smallest absolute Gasteiger partial charge is 0.252 e. The van der Waals surface area contributed by atoms with E-state index in [0.717, 1.165) is 45.4 Å². The molecule has 1 N–H and O–H groups in total. The standard InChI is InChI=1S/C19H25N3O3/c23-17(15-5-2-8-20-11-15)21-9-6-16-7-10-25-19(16)12-22(13-19)18(24)14-3-1-4-14/h2,5,8,11,14,16H,1,3-4,6-7,9-10,12-13H2,(H,21,23)/t16-/m0/s1. The molecule has 25 heavy (non-hydrogen) atoms. The van der Waals surface area contributed by atoms with Gasteiger partial charge in [-0.2, -0.15) is 0 Å². The SMILES string of the molecule is O=C(NCC[C@H]1CCOC12CN(C(=O)C1CCC1)C2)c1cccnc1. The number of hydrogen-bond acceptors (Lipinski definition) is 4. The molecule has 1 aromatic rings. The van der Waals surface area contributed by atoms with E-state index < -0.39 is 0 Å². The monoisotopic (exact) mass is 343 g/mol. The summed E-state index contributed by atoms with van der Waals surface area (Å²) in [5, 5.41) is 2.97. The van der Waals surface area contributed by atoms with Gasteiger partial charge in [0.05, 0.1) is 18.7 Å². The zero-order chi connectivity index (χ0) is 17.3. The third-order valence-electron chi connectivity index (χ3n) is 5.99. The van der Waals surface area contributed by atoms with Gasteiger partial charge in [0.1, 0.15) is 5.60 Å². The van der Waals surface area contributed by atoms with Crippen LogP contribution < -0.4 is 5.32 Å². The molecule has 3 aliphatic rings. The minimum Gasteiger partial charge on any atom is -0.371 e. The summed E-state index contributed by atoms with van der Waals surface area (Å²) >= 11 is 0. The van der Waals surface area contributed by atoms with E-state index in [1.165, 1.54) is 6.42 Å². The molecular weight excluding hydrogens is 318 g/mol. The molecule has 6 heteroatoms. The van der Waals surface area contributed by atoms with Gasteiger partial charge >= 0.3 is 0 Å². The normalized spacial score (nSPS) is 24.6. The number of hydrogen-bond donors (Lipinski definition) is 1. The van der Waals surface area contributed by atoms with Crippen molar-refractivity contribution in [3.05, 3.63) is 30.1 Å². The van der Waals surface area contributed by atoms with Gasteiger partial charge < -0.3 is 15.0 Å². The molecule has 3 fully saturated rings. The maximum atomic E-state index is 12.3. The maximum absolute atomic E-state index is 12.3. The van der Waals surface area contributed by atoms with Gasteiger partial charge in [0.25, 0.3) is 5.91 Å². The Morgan fingerprint density at radius 3 is 2.84 bits per heavy atom. The zero-order valence-corrected chi connectivity index (χ0v) is 14.4. The fourth-order valence-electron chi connectivity index (χ4n) is 4.17. The number of nitrogens with zero attached hydrogens (tertiary/aromatic N) is 2. The molecule has 2 aliphatic heterocycles. The van der Waals surface area contributed by atoms with Crippen molar-refractivity contribution in [2.24, 2.45) is 11.8 Å². The third-order valence-corrected chi connectivity index (χ3v) is 5.99. The maximum Gasteiger partial charge on any atom is 0.252 e. The van der Waals surface area contributed by atoms with Crippen LogP contribution in [0.25, 0.3) is 0 Å². The number of amides is 2. The Labute approximate surface area is 147 Å². The Balaban J connectivity index is 1.25. The molecule has 0 unspecified atom stereocenters. The van der Waals surface area contributed by atoms with Crippen LogP contribution in [0.1, 0.15) is 42.5 Å². The molecule has 1 saturated carbocycles. The van der Waals surface area contributed by atoms with Gasteiger partial charge in [0.15, 0.2) is 0 Å². The lowest BCUT2D eigenvalue weighted by molar-refractivity contribution is -0.171. The van der Waals surface area contributed by atoms with Crippen LogP contribution in [0.4, 0.5) is 0 Å². The van der Waals surface area contributed by atoms with Crippen LogP contribution in [0.2, 0.25) is 0 Å². The topological polar surface area (TPSA) is 71.5 Å². The van der Waals surface area contributed by atoms with Crippen LogP contribution in [-0.4, -0.2) is 53.5 Å². The van der Waals surface area contributed by atoms with Crippen LogP contribution in [0.3, 0.4) is 0 Å². The predicted molar refractivity (Wildman–Crippen MR) is 91.9 cm³/mol. The van der Waals surface area contributed by atoms with Crippen LogP contribution >= 0.6 is 0 Å². The molecule has 2 saturated heterocycles. The first kappa shape index (κ1) is 16.5. The number of pyridine rings is 1. The van der Waals surface area contributed by atoms with Gasteiger partial charge in [-0.25, -0.2) is 0 Å². The van der Waals surface area contributed by atoms with Gasteiger partial charge in [0, 0.05) is 31.5 Å². The van der Waals surface area contributed by atoms with E-state index in [1.54, 1.807) is 24.5 Å². The summed E-state index contributed by atoms with van der Waals surface area (Å²) in [7, 11) is 0. The number of likely N-dealkylation sites (tertiary alicyclic amines) is 1. The van der Waals surface area contributed by atoms with Gasteiger partial charge in [-0.15, -0.1) is 0 Å². The molecule has 1 aliphatic carbocycles. The van der Waals surface area contributed by atoms with E-state index in [-0.39, 0.29) is 17.4 Å². The number of nitrogens with one attached hydrogen (secondary N) is 1. The van der Waals surface area contributed by atoms with Gasteiger partial charge in [-0.3, -0.25) is 14.6 Å². The second kappa shape index (κ2) is 6.75. The number of ether oxygens (including phenoxy) is 1. The molecular formula is C19H25N3O3. The summed E-state index contributed by atoms with van der Waals surface area (Å²) in [5.74, 6) is 0.899. The molecule has 3 heterocycles. The first-order valence-electron chi connectivity index (χ1n) is 9.29. The minimum atomic E-state index is -0.168. The van der Waals surface area contributed by atoms with E-state index in [0.29, 0.717) is 23.9 Å². The van der Waals surface area contributed by atoms with Crippen molar-refractivity contribution >= 4 is 11.8 Å². The number of rotatable bonds is 5. The van der Waals surface area contributed by atoms with Crippen molar-refractivity contribution < 1.29 is 14.3 Å². The number of aromatic nitrogens is 1. The average Bonchev–Trinajstić information content (AvgIpc) is 2.96. The Hall–Kier alpha value is -1.95. The molecule has 6 nitrogen and oxygen atoms in total. The third kappa shape index (κ3) is 3.15. The molecule has 0 bridgehead atoms. The van der Waals surface area contributed by atoms with E-state index in [1.807, 2.05) is 4.90 Å². The summed E-state index contributed by atoms with van der Waals surface area (Å²) in [6.45, 7) is 2.83. The van der Waals surface area contributed by atoms with E-state index in [9.17, 15) is 9.59 Å². The lowest BCUT2D eigenvalue weighted by Crippen LogP contribution is -2.67. The largest absolute Gasteiger partial charge is 0.371 e. The van der Waals surface area contributed by atoms with Crippen LogP contribution in [-0.2, 0) is 9.53 Å². The Bertz CT molecular complexity index is 639.